The molecule has 0 aliphatic carbocycles. The van der Waals surface area contributed by atoms with Gasteiger partial charge in [-0.15, -0.1) is 0 Å². The number of aromatic amines is 1. The fourth-order valence-corrected chi connectivity index (χ4v) is 4.07. The van der Waals surface area contributed by atoms with Gasteiger partial charge < -0.3 is 9.88 Å². The second kappa shape index (κ2) is 7.29. The zero-order chi connectivity index (χ0) is 19.8. The highest BCUT2D eigenvalue weighted by atomic mass is 35.5. The third-order valence-electron chi connectivity index (χ3n) is 5.28. The van der Waals surface area contributed by atoms with E-state index in [0.29, 0.717) is 23.0 Å². The van der Waals surface area contributed by atoms with Crippen LogP contribution in [0.25, 0.3) is 22.4 Å². The van der Waals surface area contributed by atoms with Gasteiger partial charge in [0.05, 0.1) is 29.1 Å². The summed E-state index contributed by atoms with van der Waals surface area (Å²) in [6.07, 6.45) is 5.20. The summed E-state index contributed by atoms with van der Waals surface area (Å²) >= 11 is 6.11. The van der Waals surface area contributed by atoms with E-state index in [0.717, 1.165) is 35.1 Å². The molecular weight excluding hydrogens is 386 g/mol. The lowest BCUT2D eigenvalue weighted by Gasteiger charge is -2.24. The van der Waals surface area contributed by atoms with E-state index < -0.39 is 0 Å². The molecule has 2 aromatic heterocycles. The molecular formula is C22H18ClN5O. The molecule has 2 aromatic carbocycles. The summed E-state index contributed by atoms with van der Waals surface area (Å²) in [5.41, 5.74) is 4.07. The number of nitrogens with zero attached hydrogens (tertiary/aromatic N) is 4. The first kappa shape index (κ1) is 17.8. The number of rotatable bonds is 3. The van der Waals surface area contributed by atoms with Crippen LogP contribution in [0.4, 0.5) is 0 Å². The van der Waals surface area contributed by atoms with Gasteiger partial charge in [-0.1, -0.05) is 23.7 Å². The normalized spacial score (nSPS) is 16.4. The van der Waals surface area contributed by atoms with Gasteiger partial charge in [-0.05, 0) is 49.2 Å². The number of hydrogen-bond acceptors (Lipinski definition) is 4. The molecule has 4 aromatic rings. The lowest BCUT2D eigenvalue weighted by molar-refractivity contribution is 0.0733. The van der Waals surface area contributed by atoms with Crippen molar-refractivity contribution in [3.05, 3.63) is 77.3 Å². The van der Waals surface area contributed by atoms with E-state index in [4.69, 9.17) is 16.6 Å². The lowest BCUT2D eigenvalue weighted by Crippen LogP contribution is -2.31. The largest absolute Gasteiger partial charge is 0.345 e. The van der Waals surface area contributed by atoms with E-state index in [1.165, 1.54) is 0 Å². The fourth-order valence-electron chi connectivity index (χ4n) is 3.88. The van der Waals surface area contributed by atoms with Crippen LogP contribution in [-0.4, -0.2) is 37.3 Å². The van der Waals surface area contributed by atoms with Crippen LogP contribution in [0.5, 0.6) is 0 Å². The van der Waals surface area contributed by atoms with E-state index in [1.54, 1.807) is 12.5 Å². The molecule has 144 valence electrons. The predicted molar refractivity (Wildman–Crippen MR) is 112 cm³/mol. The SMILES string of the molecule is O=C(c1ccc2nc[nH]c2c1)N1CCC[C@H]1c1ccnc(-c2cccc(Cl)c2)n1. The van der Waals surface area contributed by atoms with Crippen LogP contribution in [0, 0.1) is 0 Å². The van der Waals surface area contributed by atoms with E-state index >= 15 is 0 Å². The Labute approximate surface area is 172 Å². The van der Waals surface area contributed by atoms with Crippen LogP contribution in [0.3, 0.4) is 0 Å². The van der Waals surface area contributed by atoms with Crippen LogP contribution in [-0.2, 0) is 0 Å². The number of aromatic nitrogens is 4. The molecule has 1 aliphatic heterocycles. The Morgan fingerprint density at radius 1 is 1.14 bits per heavy atom. The van der Waals surface area contributed by atoms with Gasteiger partial charge in [0, 0.05) is 28.9 Å². The van der Waals surface area contributed by atoms with Gasteiger partial charge in [-0.2, -0.15) is 0 Å². The highest BCUT2D eigenvalue weighted by molar-refractivity contribution is 6.30. The maximum Gasteiger partial charge on any atom is 0.254 e. The number of hydrogen-bond donors (Lipinski definition) is 1. The minimum absolute atomic E-state index is 0.00641. The summed E-state index contributed by atoms with van der Waals surface area (Å²) in [6, 6.07) is 14.9. The third-order valence-corrected chi connectivity index (χ3v) is 5.52. The number of carbonyl (C=O) groups excluding carboxylic acids is 1. The zero-order valence-electron chi connectivity index (χ0n) is 15.5. The molecule has 1 N–H and O–H groups in total. The molecule has 1 fully saturated rings. The molecule has 0 bridgehead atoms. The maximum absolute atomic E-state index is 13.2. The lowest BCUT2D eigenvalue weighted by atomic mass is 10.1. The molecule has 6 nitrogen and oxygen atoms in total. The highest BCUT2D eigenvalue weighted by Gasteiger charge is 2.32. The molecule has 5 rings (SSSR count). The Morgan fingerprint density at radius 2 is 2.07 bits per heavy atom. The van der Waals surface area contributed by atoms with Gasteiger partial charge in [0.2, 0.25) is 0 Å². The molecule has 0 radical (unpaired) electrons. The molecule has 29 heavy (non-hydrogen) atoms. The summed E-state index contributed by atoms with van der Waals surface area (Å²) in [5, 5.41) is 0.642. The topological polar surface area (TPSA) is 74.8 Å². The first-order valence-corrected chi connectivity index (χ1v) is 9.90. The van der Waals surface area contributed by atoms with Crippen LogP contribution in [0.1, 0.15) is 34.9 Å². The van der Waals surface area contributed by atoms with E-state index in [1.807, 2.05) is 53.4 Å². The van der Waals surface area contributed by atoms with Crippen molar-refractivity contribution in [1.29, 1.82) is 0 Å². The summed E-state index contributed by atoms with van der Waals surface area (Å²) in [6.45, 7) is 0.709. The van der Waals surface area contributed by atoms with Crippen LogP contribution in [0.15, 0.2) is 61.1 Å². The summed E-state index contributed by atoms with van der Waals surface area (Å²) < 4.78 is 0. The summed E-state index contributed by atoms with van der Waals surface area (Å²) in [4.78, 5) is 31.6. The van der Waals surface area contributed by atoms with Crippen molar-refractivity contribution in [2.75, 3.05) is 6.54 Å². The summed E-state index contributed by atoms with van der Waals surface area (Å²) in [7, 11) is 0. The van der Waals surface area contributed by atoms with Crippen LogP contribution >= 0.6 is 11.6 Å². The van der Waals surface area contributed by atoms with Crippen molar-refractivity contribution < 1.29 is 4.79 Å². The van der Waals surface area contributed by atoms with Crippen molar-refractivity contribution >= 4 is 28.5 Å². The predicted octanol–water partition coefficient (Wildman–Crippen LogP) is 4.65. The Bertz CT molecular complexity index is 1200. The maximum atomic E-state index is 13.2. The average molecular weight is 404 g/mol. The molecule has 0 saturated carbocycles. The molecule has 1 atom stereocenters. The van der Waals surface area contributed by atoms with Gasteiger partial charge in [0.15, 0.2) is 5.82 Å². The van der Waals surface area contributed by atoms with Crippen molar-refractivity contribution in [3.63, 3.8) is 0 Å². The van der Waals surface area contributed by atoms with Crippen molar-refractivity contribution in [1.82, 2.24) is 24.8 Å². The van der Waals surface area contributed by atoms with Gasteiger partial charge in [0.1, 0.15) is 0 Å². The zero-order valence-corrected chi connectivity index (χ0v) is 16.3. The Morgan fingerprint density at radius 3 is 2.97 bits per heavy atom. The number of amides is 1. The molecule has 1 aliphatic rings. The minimum Gasteiger partial charge on any atom is -0.345 e. The molecule has 3 heterocycles. The molecule has 0 unspecified atom stereocenters. The number of benzene rings is 2. The highest BCUT2D eigenvalue weighted by Crippen LogP contribution is 2.33. The molecule has 0 spiro atoms. The number of imidazole rings is 1. The van der Waals surface area contributed by atoms with Crippen LogP contribution < -0.4 is 0 Å². The van der Waals surface area contributed by atoms with Gasteiger partial charge in [-0.3, -0.25) is 4.79 Å². The fraction of sp³-hybridized carbons (Fsp3) is 0.182. The average Bonchev–Trinajstić information content (AvgIpc) is 3.42. The van der Waals surface area contributed by atoms with Gasteiger partial charge in [-0.25, -0.2) is 15.0 Å². The molecule has 1 amide bonds. The number of halogens is 1. The second-order valence-corrected chi connectivity index (χ2v) is 7.54. The van der Waals surface area contributed by atoms with E-state index in [2.05, 4.69) is 15.0 Å². The molecule has 7 heteroatoms. The number of carbonyl (C=O) groups is 1. The third kappa shape index (κ3) is 3.36. The minimum atomic E-state index is -0.0686. The van der Waals surface area contributed by atoms with Crippen molar-refractivity contribution in [3.8, 4) is 11.4 Å². The van der Waals surface area contributed by atoms with Crippen molar-refractivity contribution in [2.45, 2.75) is 18.9 Å². The van der Waals surface area contributed by atoms with Gasteiger partial charge in [0.25, 0.3) is 5.91 Å². The summed E-state index contributed by atoms with van der Waals surface area (Å²) in [5.74, 6) is 0.620. The molecule has 1 saturated heterocycles. The first-order chi connectivity index (χ1) is 14.2. The standard InChI is InChI=1S/C22H18ClN5O/c23-16-4-1-3-14(11-16)21-24-9-8-18(27-21)20-5-2-10-28(20)22(29)15-6-7-17-19(12-15)26-13-25-17/h1,3-4,6-9,11-13,20H,2,5,10H2,(H,25,26)/t20-/m0/s1. The van der Waals surface area contributed by atoms with E-state index in [-0.39, 0.29) is 11.9 Å². The smallest absolute Gasteiger partial charge is 0.254 e. The van der Waals surface area contributed by atoms with Crippen LogP contribution in [0.2, 0.25) is 5.02 Å². The number of H-pyrrole nitrogens is 1. The quantitative estimate of drug-likeness (QED) is 0.540. The second-order valence-electron chi connectivity index (χ2n) is 7.11. The monoisotopic (exact) mass is 403 g/mol. The van der Waals surface area contributed by atoms with Gasteiger partial charge >= 0.3 is 0 Å². The first-order valence-electron chi connectivity index (χ1n) is 9.52. The Hall–Kier alpha value is -3.25. The number of fused-ring (bicyclic) bond motifs is 1. The Kier molecular flexibility index (Phi) is 4.48. The number of likely N-dealkylation sites (tertiary alicyclic amines) is 1. The number of nitrogens with one attached hydrogen (secondary N) is 1. The van der Waals surface area contributed by atoms with Crippen molar-refractivity contribution in [2.24, 2.45) is 0 Å². The Balaban J connectivity index is 1.46. The van der Waals surface area contributed by atoms with E-state index in [9.17, 15) is 4.79 Å².